The number of hydrogen-bond acceptors (Lipinski definition) is 3. The molecule has 0 radical (unpaired) electrons. The maximum atomic E-state index is 14.2. The zero-order valence-corrected chi connectivity index (χ0v) is 16.9. The molecule has 1 aromatic heterocycles. The Bertz CT molecular complexity index is 1160. The molecule has 4 nitrogen and oxygen atoms in total. The summed E-state index contributed by atoms with van der Waals surface area (Å²) in [6.07, 6.45) is 3.43. The van der Waals surface area contributed by atoms with Gasteiger partial charge in [0.15, 0.2) is 0 Å². The number of carbonyl (C=O) groups is 1. The molecule has 0 bridgehead atoms. The predicted octanol–water partition coefficient (Wildman–Crippen LogP) is 5.93. The van der Waals surface area contributed by atoms with Crippen LogP contribution in [-0.2, 0) is 4.79 Å². The van der Waals surface area contributed by atoms with Crippen molar-refractivity contribution in [1.82, 2.24) is 4.98 Å². The number of nitrogens with one attached hydrogen (secondary N) is 2. The van der Waals surface area contributed by atoms with Gasteiger partial charge in [0.05, 0.1) is 5.69 Å². The maximum absolute atomic E-state index is 14.2. The number of pyridine rings is 1. The highest BCUT2D eigenvalue weighted by atomic mass is 79.9. The van der Waals surface area contributed by atoms with Crippen LogP contribution in [0.2, 0.25) is 0 Å². The van der Waals surface area contributed by atoms with Gasteiger partial charge in [0.25, 0.3) is 5.91 Å². The number of nitrogens with zero attached hydrogens (tertiary/aromatic N) is 1. The molecule has 6 heteroatoms. The third kappa shape index (κ3) is 4.27. The molecule has 0 saturated carbocycles. The molecule has 0 saturated heterocycles. The van der Waals surface area contributed by atoms with Gasteiger partial charge in [-0.1, -0.05) is 52.3 Å². The van der Waals surface area contributed by atoms with Crippen molar-refractivity contribution in [2.75, 3.05) is 10.6 Å². The lowest BCUT2D eigenvalue weighted by atomic mass is 10.0. The Labute approximate surface area is 175 Å². The Morgan fingerprint density at radius 2 is 1.69 bits per heavy atom. The highest BCUT2D eigenvalue weighted by molar-refractivity contribution is 9.10. The lowest BCUT2D eigenvalue weighted by Gasteiger charge is -2.21. The summed E-state index contributed by atoms with van der Waals surface area (Å²) in [5.74, 6) is -0.710. The molecule has 29 heavy (non-hydrogen) atoms. The summed E-state index contributed by atoms with van der Waals surface area (Å²) in [5.41, 5.74) is 1.65. The smallest absolute Gasteiger partial charge is 0.251 e. The number of halogens is 2. The van der Waals surface area contributed by atoms with E-state index < -0.39 is 11.9 Å². The van der Waals surface area contributed by atoms with Crippen LogP contribution in [0, 0.1) is 5.82 Å². The molecule has 0 aliphatic heterocycles. The second kappa shape index (κ2) is 8.41. The average molecular weight is 450 g/mol. The first-order valence-corrected chi connectivity index (χ1v) is 9.81. The minimum Gasteiger partial charge on any atom is -0.368 e. The van der Waals surface area contributed by atoms with E-state index in [1.54, 1.807) is 30.6 Å². The Hall–Kier alpha value is -3.25. The Balaban J connectivity index is 1.69. The topological polar surface area (TPSA) is 54.0 Å². The Kier molecular flexibility index (Phi) is 5.53. The van der Waals surface area contributed by atoms with Gasteiger partial charge in [0, 0.05) is 33.3 Å². The number of para-hydroxylation sites is 1. The van der Waals surface area contributed by atoms with E-state index in [4.69, 9.17) is 0 Å². The van der Waals surface area contributed by atoms with Crippen molar-refractivity contribution >= 4 is 44.0 Å². The molecular weight excluding hydrogens is 433 g/mol. The number of carbonyl (C=O) groups excluding carboxylic acids is 1. The number of amides is 1. The summed E-state index contributed by atoms with van der Waals surface area (Å²) in [7, 11) is 0. The van der Waals surface area contributed by atoms with Gasteiger partial charge in [-0.2, -0.15) is 0 Å². The van der Waals surface area contributed by atoms with Crippen LogP contribution in [-0.4, -0.2) is 10.9 Å². The first-order valence-electron chi connectivity index (χ1n) is 9.02. The van der Waals surface area contributed by atoms with E-state index in [0.717, 1.165) is 20.8 Å². The summed E-state index contributed by atoms with van der Waals surface area (Å²) in [5, 5.41) is 7.82. The molecule has 3 aromatic carbocycles. The summed E-state index contributed by atoms with van der Waals surface area (Å²) in [6, 6.07) is 20.4. The zero-order valence-electron chi connectivity index (χ0n) is 15.3. The molecule has 0 fully saturated rings. The summed E-state index contributed by atoms with van der Waals surface area (Å²) in [4.78, 5) is 17.4. The molecule has 4 rings (SSSR count). The Morgan fingerprint density at radius 1 is 0.931 bits per heavy atom. The number of fused-ring (bicyclic) bond motifs is 1. The molecule has 0 aliphatic rings. The average Bonchev–Trinajstić information content (AvgIpc) is 2.74. The van der Waals surface area contributed by atoms with Gasteiger partial charge in [0.2, 0.25) is 0 Å². The van der Waals surface area contributed by atoms with Gasteiger partial charge in [0.1, 0.15) is 11.9 Å². The summed E-state index contributed by atoms with van der Waals surface area (Å²) in [6.45, 7) is 0. The fraction of sp³-hybridized carbons (Fsp3) is 0.0435. The van der Waals surface area contributed by atoms with E-state index >= 15 is 0 Å². The predicted molar refractivity (Wildman–Crippen MR) is 117 cm³/mol. The van der Waals surface area contributed by atoms with Crippen molar-refractivity contribution in [3.05, 3.63) is 101 Å². The number of benzene rings is 3. The molecule has 2 N–H and O–H groups in total. The van der Waals surface area contributed by atoms with Gasteiger partial charge < -0.3 is 10.6 Å². The second-order valence-electron chi connectivity index (χ2n) is 6.50. The van der Waals surface area contributed by atoms with Crippen molar-refractivity contribution < 1.29 is 9.18 Å². The van der Waals surface area contributed by atoms with Crippen molar-refractivity contribution in [3.8, 4) is 0 Å². The lowest BCUT2D eigenvalue weighted by molar-refractivity contribution is -0.117. The highest BCUT2D eigenvalue weighted by Crippen LogP contribution is 2.27. The second-order valence-corrected chi connectivity index (χ2v) is 7.42. The standard InChI is InChI=1S/C23H17BrFN3O/c24-17-10-8-15(9-11-17)22(27-21-6-2-1-5-19(21)25)23(29)28-20-7-3-4-16-14-26-13-12-18(16)20/h1-14,22,27H,(H,28,29)/t22-/m1/s1. The van der Waals surface area contributed by atoms with Crippen molar-refractivity contribution in [2.45, 2.75) is 6.04 Å². The minimum absolute atomic E-state index is 0.262. The zero-order chi connectivity index (χ0) is 20.2. The first-order chi connectivity index (χ1) is 14.1. The SMILES string of the molecule is O=C(Nc1cccc2cnccc12)[C@H](Nc1ccccc1F)c1ccc(Br)cc1. The van der Waals surface area contributed by atoms with Crippen LogP contribution in [0.3, 0.4) is 0 Å². The number of anilines is 2. The molecule has 0 aliphatic carbocycles. The molecule has 0 spiro atoms. The largest absolute Gasteiger partial charge is 0.368 e. The molecule has 1 amide bonds. The van der Waals surface area contributed by atoms with Crippen LogP contribution in [0.5, 0.6) is 0 Å². The molecular formula is C23H17BrFN3O. The van der Waals surface area contributed by atoms with E-state index in [-0.39, 0.29) is 11.6 Å². The van der Waals surface area contributed by atoms with E-state index in [2.05, 4.69) is 31.5 Å². The lowest BCUT2D eigenvalue weighted by Crippen LogP contribution is -2.27. The van der Waals surface area contributed by atoms with Gasteiger partial charge in [-0.3, -0.25) is 9.78 Å². The van der Waals surface area contributed by atoms with Crippen LogP contribution in [0.1, 0.15) is 11.6 Å². The number of aromatic nitrogens is 1. The van der Waals surface area contributed by atoms with Crippen LogP contribution < -0.4 is 10.6 Å². The van der Waals surface area contributed by atoms with E-state index in [9.17, 15) is 9.18 Å². The number of rotatable bonds is 5. The summed E-state index contributed by atoms with van der Waals surface area (Å²) < 4.78 is 15.1. The van der Waals surface area contributed by atoms with E-state index in [1.165, 1.54) is 6.07 Å². The third-order valence-electron chi connectivity index (χ3n) is 4.58. The van der Waals surface area contributed by atoms with Gasteiger partial charge >= 0.3 is 0 Å². The molecule has 4 aromatic rings. The minimum atomic E-state index is -0.780. The number of hydrogen-bond donors (Lipinski definition) is 2. The molecule has 144 valence electrons. The monoisotopic (exact) mass is 449 g/mol. The molecule has 1 heterocycles. The van der Waals surface area contributed by atoms with E-state index in [1.807, 2.05) is 48.5 Å². The fourth-order valence-electron chi connectivity index (χ4n) is 3.13. The van der Waals surface area contributed by atoms with Gasteiger partial charge in [-0.15, -0.1) is 0 Å². The van der Waals surface area contributed by atoms with Crippen molar-refractivity contribution in [2.24, 2.45) is 0 Å². The van der Waals surface area contributed by atoms with E-state index in [0.29, 0.717) is 5.69 Å². The third-order valence-corrected chi connectivity index (χ3v) is 5.11. The van der Waals surface area contributed by atoms with Crippen LogP contribution in [0.4, 0.5) is 15.8 Å². The molecule has 1 atom stereocenters. The van der Waals surface area contributed by atoms with Gasteiger partial charge in [-0.05, 0) is 42.0 Å². The summed E-state index contributed by atoms with van der Waals surface area (Å²) >= 11 is 3.40. The van der Waals surface area contributed by atoms with Gasteiger partial charge in [-0.25, -0.2) is 4.39 Å². The van der Waals surface area contributed by atoms with Crippen molar-refractivity contribution in [1.29, 1.82) is 0 Å². The van der Waals surface area contributed by atoms with Crippen LogP contribution >= 0.6 is 15.9 Å². The fourth-order valence-corrected chi connectivity index (χ4v) is 3.39. The Morgan fingerprint density at radius 3 is 2.48 bits per heavy atom. The first kappa shape index (κ1) is 19.1. The molecule has 0 unspecified atom stereocenters. The quantitative estimate of drug-likeness (QED) is 0.397. The van der Waals surface area contributed by atoms with Crippen LogP contribution in [0.25, 0.3) is 10.8 Å². The normalized spacial score (nSPS) is 11.8. The van der Waals surface area contributed by atoms with Crippen molar-refractivity contribution in [3.63, 3.8) is 0 Å². The highest BCUT2D eigenvalue weighted by Gasteiger charge is 2.22. The maximum Gasteiger partial charge on any atom is 0.251 e. The van der Waals surface area contributed by atoms with Crippen LogP contribution in [0.15, 0.2) is 89.7 Å².